The highest BCUT2D eigenvalue weighted by atomic mass is 16.5. The highest BCUT2D eigenvalue weighted by Gasteiger charge is 2.19. The van der Waals surface area contributed by atoms with Crippen molar-refractivity contribution in [3.05, 3.63) is 0 Å². The Morgan fingerprint density at radius 1 is 1.23 bits per heavy atom. The number of carbonyl (C=O) groups excluding carboxylic acids is 4. The minimum atomic E-state index is -1.09. The molecule has 0 aromatic carbocycles. The molecule has 1 atom stereocenters. The second kappa shape index (κ2) is 9.85. The van der Waals surface area contributed by atoms with Crippen LogP contribution in [-0.4, -0.2) is 67.8 Å². The van der Waals surface area contributed by atoms with Crippen LogP contribution >= 0.6 is 0 Å². The van der Waals surface area contributed by atoms with Gasteiger partial charge in [0.25, 0.3) is 0 Å². The SMILES string of the molecule is CC(C)C(=O)CN(C)C(=O)CNC(=O)[C@H](N)COC(=O)CN. The zero-order valence-electron chi connectivity index (χ0n) is 13.1. The average molecular weight is 316 g/mol. The number of likely N-dealkylation sites (N-methyl/N-ethyl adjacent to an activating group) is 1. The number of Topliss-reactive ketones (excluding diaryl/α,β-unsaturated/α-hetero) is 1. The number of hydrogen-bond donors (Lipinski definition) is 3. The number of nitrogens with one attached hydrogen (secondary N) is 1. The second-order valence-corrected chi connectivity index (χ2v) is 5.08. The molecule has 0 rings (SSSR count). The lowest BCUT2D eigenvalue weighted by Gasteiger charge is -2.18. The smallest absolute Gasteiger partial charge is 0.319 e. The van der Waals surface area contributed by atoms with Crippen molar-refractivity contribution in [2.24, 2.45) is 17.4 Å². The Morgan fingerprint density at radius 2 is 1.82 bits per heavy atom. The van der Waals surface area contributed by atoms with Crippen molar-refractivity contribution in [1.29, 1.82) is 0 Å². The van der Waals surface area contributed by atoms with Gasteiger partial charge in [0.2, 0.25) is 11.8 Å². The zero-order chi connectivity index (χ0) is 17.3. The molecule has 0 aliphatic rings. The monoisotopic (exact) mass is 316 g/mol. The van der Waals surface area contributed by atoms with Crippen molar-refractivity contribution >= 4 is 23.6 Å². The van der Waals surface area contributed by atoms with Crippen LogP contribution in [0.1, 0.15) is 13.8 Å². The molecule has 0 spiro atoms. The van der Waals surface area contributed by atoms with E-state index in [-0.39, 0.29) is 37.9 Å². The quantitative estimate of drug-likeness (QED) is 0.402. The predicted octanol–water partition coefficient (Wildman–Crippen LogP) is -2.38. The summed E-state index contributed by atoms with van der Waals surface area (Å²) >= 11 is 0. The third-order valence-electron chi connectivity index (χ3n) is 2.80. The first-order valence-electron chi connectivity index (χ1n) is 6.84. The lowest BCUT2D eigenvalue weighted by atomic mass is 10.1. The van der Waals surface area contributed by atoms with Gasteiger partial charge >= 0.3 is 5.97 Å². The van der Waals surface area contributed by atoms with Gasteiger partial charge in [0.15, 0.2) is 5.78 Å². The summed E-state index contributed by atoms with van der Waals surface area (Å²) in [6.45, 7) is 2.54. The fourth-order valence-corrected chi connectivity index (χ4v) is 1.25. The van der Waals surface area contributed by atoms with E-state index in [1.54, 1.807) is 13.8 Å². The molecule has 2 amide bonds. The Balaban J connectivity index is 4.14. The van der Waals surface area contributed by atoms with Crippen LogP contribution in [-0.2, 0) is 23.9 Å². The molecule has 0 heterocycles. The molecule has 0 saturated heterocycles. The number of nitrogens with two attached hydrogens (primary N) is 2. The summed E-state index contributed by atoms with van der Waals surface area (Å²) in [6.07, 6.45) is 0. The van der Waals surface area contributed by atoms with Gasteiger partial charge in [-0.25, -0.2) is 0 Å². The number of carbonyl (C=O) groups is 4. The first-order valence-corrected chi connectivity index (χ1v) is 6.84. The molecule has 0 aromatic rings. The Bertz CT molecular complexity index is 425. The van der Waals surface area contributed by atoms with E-state index >= 15 is 0 Å². The first kappa shape index (κ1) is 20.0. The molecule has 0 unspecified atom stereocenters. The lowest BCUT2D eigenvalue weighted by molar-refractivity contribution is -0.143. The van der Waals surface area contributed by atoms with E-state index in [2.05, 4.69) is 10.1 Å². The molecule has 9 heteroatoms. The van der Waals surface area contributed by atoms with E-state index in [0.717, 1.165) is 0 Å². The molecule has 0 fully saturated rings. The normalized spacial score (nSPS) is 11.7. The number of amides is 2. The maximum atomic E-state index is 11.8. The van der Waals surface area contributed by atoms with Gasteiger partial charge in [0.05, 0.1) is 19.6 Å². The van der Waals surface area contributed by atoms with Gasteiger partial charge < -0.3 is 26.4 Å². The maximum Gasteiger partial charge on any atom is 0.319 e. The molecule has 0 aliphatic carbocycles. The van der Waals surface area contributed by atoms with Gasteiger partial charge in [-0.2, -0.15) is 0 Å². The largest absolute Gasteiger partial charge is 0.463 e. The summed E-state index contributed by atoms with van der Waals surface area (Å²) in [5.41, 5.74) is 10.5. The molecular formula is C13H24N4O5. The number of rotatable bonds is 9. The maximum absolute atomic E-state index is 11.8. The van der Waals surface area contributed by atoms with E-state index in [0.29, 0.717) is 0 Å². The van der Waals surface area contributed by atoms with Crippen LogP contribution in [0.4, 0.5) is 0 Å². The van der Waals surface area contributed by atoms with E-state index in [1.807, 2.05) is 0 Å². The minimum Gasteiger partial charge on any atom is -0.463 e. The average Bonchev–Trinajstić information content (AvgIpc) is 2.48. The fourth-order valence-electron chi connectivity index (χ4n) is 1.25. The molecule has 22 heavy (non-hydrogen) atoms. The summed E-state index contributed by atoms with van der Waals surface area (Å²) in [6, 6.07) is -1.09. The molecule has 0 aliphatic heterocycles. The minimum absolute atomic E-state index is 0.0213. The summed E-state index contributed by atoms with van der Waals surface area (Å²) in [5.74, 6) is -1.98. The van der Waals surface area contributed by atoms with E-state index in [1.165, 1.54) is 11.9 Å². The van der Waals surface area contributed by atoms with Gasteiger partial charge in [0, 0.05) is 13.0 Å². The van der Waals surface area contributed by atoms with Crippen LogP contribution in [0, 0.1) is 5.92 Å². The van der Waals surface area contributed by atoms with Crippen LogP contribution in [0.2, 0.25) is 0 Å². The third kappa shape index (κ3) is 7.70. The van der Waals surface area contributed by atoms with E-state index in [9.17, 15) is 19.2 Å². The van der Waals surface area contributed by atoms with Crippen LogP contribution < -0.4 is 16.8 Å². The number of ether oxygens (including phenoxy) is 1. The highest BCUT2D eigenvalue weighted by Crippen LogP contribution is 1.96. The van der Waals surface area contributed by atoms with Crippen LogP contribution in [0.5, 0.6) is 0 Å². The summed E-state index contributed by atoms with van der Waals surface area (Å²) in [7, 11) is 1.47. The first-order chi connectivity index (χ1) is 10.2. The Labute approximate surface area is 129 Å². The molecule has 0 saturated carbocycles. The van der Waals surface area contributed by atoms with Crippen molar-refractivity contribution in [1.82, 2.24) is 10.2 Å². The fraction of sp³-hybridized carbons (Fsp3) is 0.692. The van der Waals surface area contributed by atoms with E-state index in [4.69, 9.17) is 11.5 Å². The van der Waals surface area contributed by atoms with Crippen LogP contribution in [0.25, 0.3) is 0 Å². The predicted molar refractivity (Wildman–Crippen MR) is 78.5 cm³/mol. The summed E-state index contributed by atoms with van der Waals surface area (Å²) in [4.78, 5) is 46.9. The summed E-state index contributed by atoms with van der Waals surface area (Å²) in [5, 5.41) is 2.32. The zero-order valence-corrected chi connectivity index (χ0v) is 13.1. The topological polar surface area (TPSA) is 145 Å². The molecule has 5 N–H and O–H groups in total. The van der Waals surface area contributed by atoms with Gasteiger partial charge in [-0.3, -0.25) is 19.2 Å². The summed E-state index contributed by atoms with van der Waals surface area (Å²) < 4.78 is 4.62. The molecular weight excluding hydrogens is 292 g/mol. The van der Waals surface area contributed by atoms with Gasteiger partial charge in [-0.1, -0.05) is 13.8 Å². The third-order valence-corrected chi connectivity index (χ3v) is 2.80. The Morgan fingerprint density at radius 3 is 2.32 bits per heavy atom. The van der Waals surface area contributed by atoms with Crippen LogP contribution in [0.15, 0.2) is 0 Å². The van der Waals surface area contributed by atoms with E-state index < -0.39 is 23.8 Å². The standard InChI is InChI=1S/C13H24N4O5/c1-8(2)10(18)6-17(3)11(19)5-16-13(21)9(15)7-22-12(20)4-14/h8-9H,4-7,14-15H2,1-3H3,(H,16,21)/t9-/m1/s1. The van der Waals surface area contributed by atoms with Crippen molar-refractivity contribution in [2.45, 2.75) is 19.9 Å². The molecule has 0 aromatic heterocycles. The number of hydrogen-bond acceptors (Lipinski definition) is 7. The molecule has 126 valence electrons. The lowest BCUT2D eigenvalue weighted by Crippen LogP contribution is -2.48. The highest BCUT2D eigenvalue weighted by molar-refractivity contribution is 5.90. The van der Waals surface area contributed by atoms with Crippen molar-refractivity contribution in [2.75, 3.05) is 33.3 Å². The second-order valence-electron chi connectivity index (χ2n) is 5.08. The van der Waals surface area contributed by atoms with Gasteiger partial charge in [-0.15, -0.1) is 0 Å². The van der Waals surface area contributed by atoms with Crippen molar-refractivity contribution in [3.8, 4) is 0 Å². The van der Waals surface area contributed by atoms with Gasteiger partial charge in [0.1, 0.15) is 12.6 Å². The Hall–Kier alpha value is -2.00. The van der Waals surface area contributed by atoms with Crippen LogP contribution in [0.3, 0.4) is 0 Å². The van der Waals surface area contributed by atoms with Crippen molar-refractivity contribution < 1.29 is 23.9 Å². The van der Waals surface area contributed by atoms with Crippen molar-refractivity contribution in [3.63, 3.8) is 0 Å². The Kier molecular flexibility index (Phi) is 8.95. The van der Waals surface area contributed by atoms with Gasteiger partial charge in [-0.05, 0) is 0 Å². The number of ketones is 1. The molecule has 0 bridgehead atoms. The number of esters is 1. The molecule has 0 radical (unpaired) electrons. The number of nitrogens with zero attached hydrogens (tertiary/aromatic N) is 1. The molecule has 9 nitrogen and oxygen atoms in total.